The van der Waals surface area contributed by atoms with Crippen molar-refractivity contribution in [3.63, 3.8) is 0 Å². The lowest BCUT2D eigenvalue weighted by molar-refractivity contribution is 0.0920. The lowest BCUT2D eigenvalue weighted by atomic mass is 10.3. The summed E-state index contributed by atoms with van der Waals surface area (Å²) in [7, 11) is 0. The van der Waals surface area contributed by atoms with E-state index < -0.39 is 0 Å². The van der Waals surface area contributed by atoms with Crippen molar-refractivity contribution in [2.75, 3.05) is 12.4 Å². The monoisotopic (exact) mass is 307 g/mol. The molecule has 1 aliphatic rings. The Labute approximate surface area is 129 Å². The number of aromatic nitrogens is 3. The van der Waals surface area contributed by atoms with E-state index in [1.165, 1.54) is 12.8 Å². The standard InChI is InChI=1S/C15H21N3O2S/c1-11(2)19-8-9-21-15-17-16-14(12-5-6-12)18(15)10-13-4-3-7-20-13/h3-4,7,11-12H,5-6,8-10H2,1-2H3. The average molecular weight is 307 g/mol. The summed E-state index contributed by atoms with van der Waals surface area (Å²) in [4.78, 5) is 0. The summed E-state index contributed by atoms with van der Waals surface area (Å²) in [5.74, 6) is 3.50. The fourth-order valence-corrected chi connectivity index (χ4v) is 2.95. The van der Waals surface area contributed by atoms with Gasteiger partial charge in [-0.2, -0.15) is 0 Å². The molecule has 0 saturated heterocycles. The van der Waals surface area contributed by atoms with Gasteiger partial charge in [0.25, 0.3) is 0 Å². The predicted octanol–water partition coefficient (Wildman–Crippen LogP) is 3.31. The van der Waals surface area contributed by atoms with Crippen molar-refractivity contribution >= 4 is 11.8 Å². The number of rotatable bonds is 8. The first-order valence-electron chi connectivity index (χ1n) is 7.44. The Hall–Kier alpha value is -1.27. The van der Waals surface area contributed by atoms with E-state index >= 15 is 0 Å². The van der Waals surface area contributed by atoms with E-state index in [0.717, 1.165) is 29.1 Å². The number of furan rings is 1. The molecule has 0 spiro atoms. The van der Waals surface area contributed by atoms with Gasteiger partial charge in [0, 0.05) is 11.7 Å². The molecule has 0 aliphatic heterocycles. The van der Waals surface area contributed by atoms with Crippen molar-refractivity contribution < 1.29 is 9.15 Å². The Morgan fingerprint density at radius 2 is 2.29 bits per heavy atom. The Kier molecular flexibility index (Phi) is 4.65. The molecule has 2 heterocycles. The molecule has 0 radical (unpaired) electrons. The molecule has 2 aromatic rings. The highest BCUT2D eigenvalue weighted by atomic mass is 32.2. The van der Waals surface area contributed by atoms with Crippen LogP contribution >= 0.6 is 11.8 Å². The summed E-state index contributed by atoms with van der Waals surface area (Å²) in [6, 6.07) is 3.91. The van der Waals surface area contributed by atoms with E-state index in [4.69, 9.17) is 9.15 Å². The number of hydrogen-bond acceptors (Lipinski definition) is 5. The van der Waals surface area contributed by atoms with Gasteiger partial charge in [0.05, 0.1) is 25.5 Å². The van der Waals surface area contributed by atoms with Crippen molar-refractivity contribution in [2.24, 2.45) is 0 Å². The van der Waals surface area contributed by atoms with Gasteiger partial charge < -0.3 is 9.15 Å². The molecule has 21 heavy (non-hydrogen) atoms. The van der Waals surface area contributed by atoms with E-state index in [0.29, 0.717) is 12.5 Å². The molecule has 1 saturated carbocycles. The van der Waals surface area contributed by atoms with Gasteiger partial charge >= 0.3 is 0 Å². The van der Waals surface area contributed by atoms with Gasteiger partial charge in [-0.15, -0.1) is 10.2 Å². The van der Waals surface area contributed by atoms with E-state index in [-0.39, 0.29) is 6.10 Å². The number of thioether (sulfide) groups is 1. The Morgan fingerprint density at radius 3 is 2.95 bits per heavy atom. The molecule has 1 fully saturated rings. The van der Waals surface area contributed by atoms with E-state index in [9.17, 15) is 0 Å². The molecule has 5 nitrogen and oxygen atoms in total. The molecular weight excluding hydrogens is 286 g/mol. The van der Waals surface area contributed by atoms with E-state index in [1.807, 2.05) is 12.1 Å². The van der Waals surface area contributed by atoms with Crippen LogP contribution in [0.1, 0.15) is 44.2 Å². The molecule has 0 bridgehead atoms. The summed E-state index contributed by atoms with van der Waals surface area (Å²) < 4.78 is 13.2. The zero-order valence-electron chi connectivity index (χ0n) is 12.5. The molecule has 0 atom stereocenters. The quantitative estimate of drug-likeness (QED) is 0.553. The highest BCUT2D eigenvalue weighted by Crippen LogP contribution is 2.40. The smallest absolute Gasteiger partial charge is 0.191 e. The van der Waals surface area contributed by atoms with Crippen LogP contribution in [0.2, 0.25) is 0 Å². The van der Waals surface area contributed by atoms with Crippen LogP contribution in [0.4, 0.5) is 0 Å². The molecular formula is C15H21N3O2S. The lowest BCUT2D eigenvalue weighted by Crippen LogP contribution is -2.08. The molecule has 6 heteroatoms. The number of nitrogens with zero attached hydrogens (tertiary/aromatic N) is 3. The summed E-state index contributed by atoms with van der Waals surface area (Å²) in [6.07, 6.45) is 4.42. The van der Waals surface area contributed by atoms with Crippen molar-refractivity contribution in [2.45, 2.75) is 50.4 Å². The van der Waals surface area contributed by atoms with Gasteiger partial charge in [-0.1, -0.05) is 11.8 Å². The minimum absolute atomic E-state index is 0.272. The van der Waals surface area contributed by atoms with Gasteiger partial charge in [0.1, 0.15) is 11.6 Å². The van der Waals surface area contributed by atoms with E-state index in [1.54, 1.807) is 18.0 Å². The Morgan fingerprint density at radius 1 is 1.43 bits per heavy atom. The minimum Gasteiger partial charge on any atom is -0.467 e. The van der Waals surface area contributed by atoms with Crippen LogP contribution in [0.3, 0.4) is 0 Å². The second kappa shape index (κ2) is 6.66. The van der Waals surface area contributed by atoms with Crippen LogP contribution < -0.4 is 0 Å². The van der Waals surface area contributed by atoms with Crippen LogP contribution in [0.15, 0.2) is 28.0 Å². The molecule has 0 aromatic carbocycles. The largest absolute Gasteiger partial charge is 0.467 e. The highest BCUT2D eigenvalue weighted by Gasteiger charge is 2.30. The van der Waals surface area contributed by atoms with Crippen LogP contribution in [0.5, 0.6) is 0 Å². The maximum absolute atomic E-state index is 5.58. The molecule has 0 unspecified atom stereocenters. The molecule has 0 amide bonds. The molecule has 3 rings (SSSR count). The summed E-state index contributed by atoms with van der Waals surface area (Å²) >= 11 is 1.70. The average Bonchev–Trinajstić information content (AvgIpc) is 3.02. The third-order valence-corrected chi connectivity index (χ3v) is 4.28. The Balaban J connectivity index is 1.67. The minimum atomic E-state index is 0.272. The predicted molar refractivity (Wildman–Crippen MR) is 81.6 cm³/mol. The zero-order valence-corrected chi connectivity index (χ0v) is 13.3. The molecule has 0 N–H and O–H groups in total. The third kappa shape index (κ3) is 3.89. The summed E-state index contributed by atoms with van der Waals surface area (Å²) in [5.41, 5.74) is 0. The molecule has 114 valence electrons. The van der Waals surface area contributed by atoms with Gasteiger partial charge in [-0.05, 0) is 38.8 Å². The molecule has 1 aliphatic carbocycles. The van der Waals surface area contributed by atoms with Crippen molar-refractivity contribution in [3.8, 4) is 0 Å². The second-order valence-corrected chi connectivity index (χ2v) is 6.61. The van der Waals surface area contributed by atoms with Crippen molar-refractivity contribution in [1.29, 1.82) is 0 Å². The fourth-order valence-electron chi connectivity index (χ4n) is 2.17. The first-order valence-corrected chi connectivity index (χ1v) is 8.42. The molecule has 2 aromatic heterocycles. The second-order valence-electron chi connectivity index (χ2n) is 5.55. The first kappa shape index (κ1) is 14.7. The third-order valence-electron chi connectivity index (χ3n) is 3.35. The Bertz CT molecular complexity index is 561. The highest BCUT2D eigenvalue weighted by molar-refractivity contribution is 7.99. The van der Waals surface area contributed by atoms with Gasteiger partial charge in [-0.25, -0.2) is 0 Å². The number of ether oxygens (including phenoxy) is 1. The van der Waals surface area contributed by atoms with Crippen LogP contribution in [-0.4, -0.2) is 33.2 Å². The number of hydrogen-bond donors (Lipinski definition) is 0. The summed E-state index contributed by atoms with van der Waals surface area (Å²) in [5, 5.41) is 9.69. The van der Waals surface area contributed by atoms with Gasteiger partial charge in [0.2, 0.25) is 0 Å². The zero-order chi connectivity index (χ0) is 14.7. The topological polar surface area (TPSA) is 53.1 Å². The van der Waals surface area contributed by atoms with Crippen LogP contribution in [0, 0.1) is 0 Å². The van der Waals surface area contributed by atoms with Crippen molar-refractivity contribution in [1.82, 2.24) is 14.8 Å². The maximum atomic E-state index is 5.58. The summed E-state index contributed by atoms with van der Waals surface area (Å²) in [6.45, 7) is 5.54. The SMILES string of the molecule is CC(C)OCCSc1nnc(C2CC2)n1Cc1ccco1. The van der Waals surface area contributed by atoms with Crippen LogP contribution in [0.25, 0.3) is 0 Å². The van der Waals surface area contributed by atoms with Gasteiger partial charge in [0.15, 0.2) is 5.16 Å². The van der Waals surface area contributed by atoms with E-state index in [2.05, 4.69) is 28.6 Å². The van der Waals surface area contributed by atoms with Gasteiger partial charge in [-0.3, -0.25) is 4.57 Å². The van der Waals surface area contributed by atoms with Crippen molar-refractivity contribution in [3.05, 3.63) is 30.0 Å². The maximum Gasteiger partial charge on any atom is 0.191 e. The van der Waals surface area contributed by atoms with Crippen LogP contribution in [-0.2, 0) is 11.3 Å². The fraction of sp³-hybridized carbons (Fsp3) is 0.600. The normalized spacial score (nSPS) is 15.0. The first-order chi connectivity index (χ1) is 10.2. The lowest BCUT2D eigenvalue weighted by Gasteiger charge is -2.09.